The van der Waals surface area contributed by atoms with Crippen molar-refractivity contribution in [3.63, 3.8) is 0 Å². The number of aliphatic imine (C=N–C) groups is 1. The van der Waals surface area contributed by atoms with Crippen LogP contribution in [0, 0.1) is 0 Å². The predicted octanol–water partition coefficient (Wildman–Crippen LogP) is 4.96. The third-order valence-electron chi connectivity index (χ3n) is 5.53. The smallest absolute Gasteiger partial charge is 0.264 e. The van der Waals surface area contributed by atoms with Crippen LogP contribution in [0.3, 0.4) is 0 Å². The van der Waals surface area contributed by atoms with E-state index in [9.17, 15) is 13.0 Å². The highest BCUT2D eigenvalue weighted by Gasteiger charge is 2.36. The van der Waals surface area contributed by atoms with Gasteiger partial charge in [0.15, 0.2) is 0 Å². The van der Waals surface area contributed by atoms with Gasteiger partial charge in [0.2, 0.25) is 0 Å². The minimum atomic E-state index is -4.11. The van der Waals surface area contributed by atoms with Crippen molar-refractivity contribution in [2.75, 3.05) is 17.2 Å². The Morgan fingerprint density at radius 1 is 1.10 bits per heavy atom. The van der Waals surface area contributed by atoms with E-state index in [4.69, 9.17) is 4.99 Å². The monoisotopic (exact) mass is 457 g/mol. The molecular weight excluding hydrogens is 430 g/mol. The van der Waals surface area contributed by atoms with Gasteiger partial charge in [-0.2, -0.15) is 8.42 Å². The predicted molar refractivity (Wildman–Crippen MR) is 127 cm³/mol. The molecule has 0 aliphatic carbocycles. The fraction of sp³-hybridized carbons (Fsp3) is 0.348. The minimum Gasteiger partial charge on any atom is -0.354 e. The van der Waals surface area contributed by atoms with Gasteiger partial charge in [0.1, 0.15) is 6.17 Å². The quantitative estimate of drug-likeness (QED) is 0.565. The zero-order valence-corrected chi connectivity index (χ0v) is 19.1. The molecule has 8 heteroatoms. The molecule has 2 unspecified atom stereocenters. The standard InChI is InChI=1S/C23H27N3O3S2/c1-2-3-15-25-16-8-14-24-23(25)20(13-17-31(27,28)29)26-18-9-4-6-11-21(18)30-22-12-7-5-10-19(22)26/h4-12,14,16,20,23H,2-3,13,15,17H2,1H3,(H,27,28,29). The maximum Gasteiger partial charge on any atom is 0.264 e. The van der Waals surface area contributed by atoms with E-state index in [1.807, 2.05) is 36.5 Å². The van der Waals surface area contributed by atoms with Gasteiger partial charge in [0.25, 0.3) is 10.1 Å². The number of para-hydroxylation sites is 2. The van der Waals surface area contributed by atoms with Crippen molar-refractivity contribution in [2.24, 2.45) is 4.99 Å². The van der Waals surface area contributed by atoms with Gasteiger partial charge in [-0.1, -0.05) is 49.4 Å². The Morgan fingerprint density at radius 2 is 1.74 bits per heavy atom. The lowest BCUT2D eigenvalue weighted by Gasteiger charge is -2.44. The molecule has 1 N–H and O–H groups in total. The Morgan fingerprint density at radius 3 is 2.35 bits per heavy atom. The zero-order chi connectivity index (χ0) is 21.8. The highest BCUT2D eigenvalue weighted by atomic mass is 32.2. The fourth-order valence-corrected chi connectivity index (χ4v) is 5.71. The van der Waals surface area contributed by atoms with Crippen LogP contribution >= 0.6 is 11.8 Å². The second-order valence-corrected chi connectivity index (χ2v) is 10.4. The Labute approximate surface area is 188 Å². The molecule has 0 saturated heterocycles. The van der Waals surface area contributed by atoms with Crippen LogP contribution in [0.15, 0.2) is 75.6 Å². The molecule has 2 heterocycles. The highest BCUT2D eigenvalue weighted by Crippen LogP contribution is 2.49. The zero-order valence-electron chi connectivity index (χ0n) is 17.5. The molecule has 164 valence electrons. The van der Waals surface area contributed by atoms with Crippen LogP contribution < -0.4 is 4.90 Å². The Kier molecular flexibility index (Phi) is 6.69. The molecule has 0 bridgehead atoms. The largest absolute Gasteiger partial charge is 0.354 e. The van der Waals surface area contributed by atoms with Crippen molar-refractivity contribution in [1.82, 2.24) is 4.90 Å². The van der Waals surface area contributed by atoms with Gasteiger partial charge in [0.05, 0.1) is 23.2 Å². The first kappa shape index (κ1) is 21.9. The Hall–Kier alpha value is -2.29. The molecule has 2 aromatic carbocycles. The number of hydrogen-bond donors (Lipinski definition) is 1. The minimum absolute atomic E-state index is 0.255. The highest BCUT2D eigenvalue weighted by molar-refractivity contribution is 7.99. The van der Waals surface area contributed by atoms with E-state index in [2.05, 4.69) is 41.0 Å². The van der Waals surface area contributed by atoms with Crippen LogP contribution in [-0.4, -0.2) is 48.6 Å². The normalized spacial score (nSPS) is 18.6. The molecule has 0 fully saturated rings. The van der Waals surface area contributed by atoms with Gasteiger partial charge in [-0.25, -0.2) is 0 Å². The summed E-state index contributed by atoms with van der Waals surface area (Å²) in [5, 5.41) is 0. The van der Waals surface area contributed by atoms with Crippen LogP contribution in [0.5, 0.6) is 0 Å². The number of fused-ring (bicyclic) bond motifs is 2. The Balaban J connectivity index is 1.80. The molecular formula is C23H27N3O3S2. The molecule has 0 aromatic heterocycles. The van der Waals surface area contributed by atoms with Crippen molar-refractivity contribution in [3.8, 4) is 0 Å². The lowest BCUT2D eigenvalue weighted by Crippen LogP contribution is -2.50. The van der Waals surface area contributed by atoms with Crippen molar-refractivity contribution < 1.29 is 13.0 Å². The van der Waals surface area contributed by atoms with E-state index < -0.39 is 10.1 Å². The molecule has 0 saturated carbocycles. The van der Waals surface area contributed by atoms with E-state index in [1.165, 1.54) is 0 Å². The lowest BCUT2D eigenvalue weighted by molar-refractivity contribution is 0.237. The van der Waals surface area contributed by atoms with Crippen molar-refractivity contribution >= 4 is 39.5 Å². The second-order valence-electron chi connectivity index (χ2n) is 7.69. The molecule has 0 spiro atoms. The van der Waals surface area contributed by atoms with Gasteiger partial charge >= 0.3 is 0 Å². The summed E-state index contributed by atoms with van der Waals surface area (Å²) in [5.74, 6) is -0.316. The number of rotatable bonds is 8. The molecule has 0 amide bonds. The Bertz CT molecular complexity index is 1040. The van der Waals surface area contributed by atoms with Crippen molar-refractivity contribution in [3.05, 3.63) is 60.8 Å². The first-order valence-electron chi connectivity index (χ1n) is 10.5. The first-order valence-corrected chi connectivity index (χ1v) is 13.0. The summed E-state index contributed by atoms with van der Waals surface area (Å²) >= 11 is 1.71. The van der Waals surface area contributed by atoms with E-state index in [1.54, 1.807) is 18.0 Å². The summed E-state index contributed by atoms with van der Waals surface area (Å²) in [6, 6.07) is 16.1. The summed E-state index contributed by atoms with van der Waals surface area (Å²) in [5.41, 5.74) is 2.07. The first-order chi connectivity index (χ1) is 15.0. The van der Waals surface area contributed by atoms with Gasteiger partial charge in [-0.05, 0) is 43.2 Å². The maximum absolute atomic E-state index is 11.7. The number of allylic oxidation sites excluding steroid dienone is 1. The number of benzene rings is 2. The molecule has 31 heavy (non-hydrogen) atoms. The number of anilines is 2. The van der Waals surface area contributed by atoms with E-state index in [0.717, 1.165) is 40.6 Å². The molecule has 2 aromatic rings. The molecule has 2 aliphatic heterocycles. The van der Waals surface area contributed by atoms with E-state index in [0.29, 0.717) is 0 Å². The van der Waals surface area contributed by atoms with Crippen molar-refractivity contribution in [2.45, 2.75) is 48.2 Å². The number of unbranched alkanes of at least 4 members (excludes halogenated alkanes) is 1. The summed E-state index contributed by atoms with van der Waals surface area (Å²) < 4.78 is 33.0. The summed E-state index contributed by atoms with van der Waals surface area (Å²) in [6.07, 6.45) is 7.80. The van der Waals surface area contributed by atoms with Crippen LogP contribution in [0.2, 0.25) is 0 Å². The van der Waals surface area contributed by atoms with Gasteiger partial charge in [-0.3, -0.25) is 9.55 Å². The van der Waals surface area contributed by atoms with Crippen LogP contribution in [-0.2, 0) is 10.1 Å². The third kappa shape index (κ3) is 4.97. The van der Waals surface area contributed by atoms with E-state index >= 15 is 0 Å². The van der Waals surface area contributed by atoms with Gasteiger partial charge in [-0.15, -0.1) is 0 Å². The van der Waals surface area contributed by atoms with Crippen LogP contribution in [0.25, 0.3) is 0 Å². The van der Waals surface area contributed by atoms with Gasteiger partial charge in [0, 0.05) is 28.8 Å². The molecule has 0 radical (unpaired) electrons. The summed E-state index contributed by atoms with van der Waals surface area (Å²) in [6.45, 7) is 2.99. The number of hydrogen-bond acceptors (Lipinski definition) is 6. The van der Waals surface area contributed by atoms with Crippen LogP contribution in [0.4, 0.5) is 11.4 Å². The third-order valence-corrected chi connectivity index (χ3v) is 7.41. The second kappa shape index (κ2) is 9.46. The molecule has 6 nitrogen and oxygen atoms in total. The summed E-state index contributed by atoms with van der Waals surface area (Å²) in [4.78, 5) is 11.4. The summed E-state index contributed by atoms with van der Waals surface area (Å²) in [7, 11) is -4.11. The molecule has 2 atom stereocenters. The number of nitrogens with zero attached hydrogens (tertiary/aromatic N) is 3. The molecule has 4 rings (SSSR count). The van der Waals surface area contributed by atoms with Gasteiger partial charge < -0.3 is 9.80 Å². The van der Waals surface area contributed by atoms with Crippen molar-refractivity contribution in [1.29, 1.82) is 0 Å². The average molecular weight is 458 g/mol. The van der Waals surface area contributed by atoms with Crippen LogP contribution in [0.1, 0.15) is 26.2 Å². The molecule has 2 aliphatic rings. The maximum atomic E-state index is 11.7. The van der Waals surface area contributed by atoms with E-state index in [-0.39, 0.29) is 24.4 Å². The topological polar surface area (TPSA) is 73.2 Å². The average Bonchev–Trinajstić information content (AvgIpc) is 2.77. The lowest BCUT2D eigenvalue weighted by atomic mass is 10.0. The SMILES string of the molecule is CCCCN1C=CC=NC1C(CCS(=O)(=O)O)N1c2ccccc2Sc2ccccc21. The fourth-order valence-electron chi connectivity index (χ4n) is 4.10.